The lowest BCUT2D eigenvalue weighted by atomic mass is 10.0. The number of nitrogens with one attached hydrogen (secondary N) is 1. The molecule has 1 aliphatic rings. The molecule has 0 atom stereocenters. The van der Waals surface area contributed by atoms with E-state index in [1.807, 2.05) is 30.0 Å². The molecule has 24 heavy (non-hydrogen) atoms. The number of carbonyl (C=O) groups excluding carboxylic acids is 1. The van der Waals surface area contributed by atoms with Gasteiger partial charge in [-0.15, -0.1) is 0 Å². The van der Waals surface area contributed by atoms with Gasteiger partial charge < -0.3 is 14.9 Å². The Morgan fingerprint density at radius 2 is 2.17 bits per heavy atom. The Labute approximate surface area is 142 Å². The molecule has 1 amide bonds. The van der Waals surface area contributed by atoms with Crippen LogP contribution in [0, 0.1) is 6.92 Å². The Balaban J connectivity index is 1.65. The molecule has 0 saturated carbocycles. The molecule has 0 radical (unpaired) electrons. The highest BCUT2D eigenvalue weighted by Crippen LogP contribution is 2.22. The fraction of sp³-hybridized carbons (Fsp3) is 0.556. The number of likely N-dealkylation sites (tertiary alicyclic amines) is 1. The van der Waals surface area contributed by atoms with Gasteiger partial charge in [0.25, 0.3) is 5.91 Å². The van der Waals surface area contributed by atoms with Gasteiger partial charge in [0, 0.05) is 37.7 Å². The van der Waals surface area contributed by atoms with Crippen molar-refractivity contribution in [2.75, 3.05) is 33.3 Å². The lowest BCUT2D eigenvalue weighted by Gasteiger charge is -2.36. The molecule has 6 heteroatoms. The maximum Gasteiger partial charge on any atom is 0.274 e. The Hall–Kier alpha value is -1.92. The molecular weight excluding hydrogens is 304 g/mol. The monoisotopic (exact) mass is 330 g/mol. The molecule has 130 valence electrons. The molecule has 1 fully saturated rings. The number of H-pyrrole nitrogens is 1. The molecule has 3 rings (SSSR count). The van der Waals surface area contributed by atoms with Crippen LogP contribution in [0.1, 0.15) is 35.3 Å². The first-order valence-corrected chi connectivity index (χ1v) is 8.65. The normalized spacial score (nSPS) is 16.2. The van der Waals surface area contributed by atoms with E-state index in [1.54, 1.807) is 0 Å². The Morgan fingerprint density at radius 1 is 1.42 bits per heavy atom. The van der Waals surface area contributed by atoms with Crippen LogP contribution in [0.5, 0.6) is 0 Å². The number of nitrogens with zero attached hydrogens (tertiary/aromatic N) is 3. The molecule has 1 saturated heterocycles. The number of piperidine rings is 1. The largest absolute Gasteiger partial charge is 0.396 e. The molecule has 0 unspecified atom stereocenters. The van der Waals surface area contributed by atoms with E-state index in [1.165, 1.54) is 0 Å². The van der Waals surface area contributed by atoms with E-state index in [4.69, 9.17) is 5.11 Å². The third kappa shape index (κ3) is 3.44. The van der Waals surface area contributed by atoms with Gasteiger partial charge in [-0.25, -0.2) is 0 Å². The van der Waals surface area contributed by atoms with Crippen LogP contribution in [0.2, 0.25) is 0 Å². The second kappa shape index (κ2) is 7.32. The van der Waals surface area contributed by atoms with Crippen molar-refractivity contribution in [2.24, 2.45) is 0 Å². The summed E-state index contributed by atoms with van der Waals surface area (Å²) in [6.07, 6.45) is 2.73. The van der Waals surface area contributed by atoms with Crippen LogP contribution in [-0.2, 0) is 0 Å². The van der Waals surface area contributed by atoms with E-state index in [0.717, 1.165) is 55.4 Å². The van der Waals surface area contributed by atoms with Crippen molar-refractivity contribution in [1.82, 2.24) is 20.0 Å². The second-order valence-electron chi connectivity index (χ2n) is 6.70. The highest BCUT2D eigenvalue weighted by atomic mass is 16.3. The third-order valence-corrected chi connectivity index (χ3v) is 4.96. The minimum absolute atomic E-state index is 0.0170. The molecule has 2 heterocycles. The number of rotatable bonds is 5. The van der Waals surface area contributed by atoms with Crippen LogP contribution >= 0.6 is 0 Å². The maximum atomic E-state index is 12.8. The molecule has 1 aromatic heterocycles. The van der Waals surface area contributed by atoms with Gasteiger partial charge >= 0.3 is 0 Å². The van der Waals surface area contributed by atoms with Crippen LogP contribution in [-0.4, -0.2) is 70.3 Å². The number of aromatic nitrogens is 2. The Kier molecular flexibility index (Phi) is 5.16. The van der Waals surface area contributed by atoms with Crippen molar-refractivity contribution in [3.63, 3.8) is 0 Å². The zero-order chi connectivity index (χ0) is 17.1. The summed E-state index contributed by atoms with van der Waals surface area (Å²) in [7, 11) is 2.10. The second-order valence-corrected chi connectivity index (χ2v) is 6.70. The van der Waals surface area contributed by atoms with Crippen LogP contribution < -0.4 is 0 Å². The number of amides is 1. The average molecular weight is 330 g/mol. The third-order valence-electron chi connectivity index (χ3n) is 4.96. The molecule has 1 aromatic carbocycles. The van der Waals surface area contributed by atoms with E-state index in [9.17, 15) is 4.79 Å². The van der Waals surface area contributed by atoms with Crippen molar-refractivity contribution < 1.29 is 9.90 Å². The first-order chi connectivity index (χ1) is 11.6. The van der Waals surface area contributed by atoms with Crippen LogP contribution in [0.15, 0.2) is 18.2 Å². The molecule has 0 aliphatic carbocycles. The van der Waals surface area contributed by atoms with Gasteiger partial charge in [0.05, 0.1) is 5.52 Å². The van der Waals surface area contributed by atoms with Crippen LogP contribution in [0.4, 0.5) is 0 Å². The van der Waals surface area contributed by atoms with E-state index in [2.05, 4.69) is 22.1 Å². The van der Waals surface area contributed by atoms with Crippen LogP contribution in [0.25, 0.3) is 10.9 Å². The zero-order valence-electron chi connectivity index (χ0n) is 14.5. The molecule has 2 N–H and O–H groups in total. The minimum atomic E-state index is 0.0170. The fourth-order valence-electron chi connectivity index (χ4n) is 3.45. The molecule has 1 aliphatic heterocycles. The standard InChI is InChI=1S/C18H26N4O2/c1-13-4-5-16-15(12-13)17(20-19-16)18(24)22-9-6-14(7-10-22)21(2)8-3-11-23/h4-5,12,14,23H,3,6-11H2,1-2H3,(H,19,20). The summed E-state index contributed by atoms with van der Waals surface area (Å²) in [6, 6.07) is 6.49. The van der Waals surface area contributed by atoms with E-state index in [0.29, 0.717) is 11.7 Å². The molecule has 0 bridgehead atoms. The first kappa shape index (κ1) is 16.9. The lowest BCUT2D eigenvalue weighted by molar-refractivity contribution is 0.0637. The van der Waals surface area contributed by atoms with Crippen molar-refractivity contribution in [3.8, 4) is 0 Å². The number of fused-ring (bicyclic) bond motifs is 1. The van der Waals surface area contributed by atoms with Gasteiger partial charge in [-0.05, 0) is 45.4 Å². The van der Waals surface area contributed by atoms with Crippen molar-refractivity contribution in [3.05, 3.63) is 29.5 Å². The fourth-order valence-corrected chi connectivity index (χ4v) is 3.45. The van der Waals surface area contributed by atoms with E-state index < -0.39 is 0 Å². The number of aromatic amines is 1. The molecule has 2 aromatic rings. The van der Waals surface area contributed by atoms with Crippen molar-refractivity contribution in [1.29, 1.82) is 0 Å². The summed E-state index contributed by atoms with van der Waals surface area (Å²) in [5, 5.41) is 17.1. The van der Waals surface area contributed by atoms with Gasteiger partial charge in [-0.3, -0.25) is 9.89 Å². The van der Waals surface area contributed by atoms with Gasteiger partial charge in [0.15, 0.2) is 5.69 Å². The average Bonchev–Trinajstić information content (AvgIpc) is 3.02. The van der Waals surface area contributed by atoms with Crippen molar-refractivity contribution >= 4 is 16.8 Å². The van der Waals surface area contributed by atoms with Crippen LogP contribution in [0.3, 0.4) is 0 Å². The highest BCUT2D eigenvalue weighted by molar-refractivity contribution is 6.04. The molecule has 6 nitrogen and oxygen atoms in total. The first-order valence-electron chi connectivity index (χ1n) is 8.65. The predicted molar refractivity (Wildman–Crippen MR) is 94.1 cm³/mol. The number of aliphatic hydroxyl groups is 1. The number of aliphatic hydroxyl groups excluding tert-OH is 1. The summed E-state index contributed by atoms with van der Waals surface area (Å²) in [5.74, 6) is 0.0170. The zero-order valence-corrected chi connectivity index (χ0v) is 14.5. The summed E-state index contributed by atoms with van der Waals surface area (Å²) >= 11 is 0. The Bertz CT molecular complexity index is 704. The Morgan fingerprint density at radius 3 is 2.88 bits per heavy atom. The summed E-state index contributed by atoms with van der Waals surface area (Å²) in [6.45, 7) is 4.67. The number of hydrogen-bond acceptors (Lipinski definition) is 4. The highest BCUT2D eigenvalue weighted by Gasteiger charge is 2.27. The van der Waals surface area contributed by atoms with Crippen molar-refractivity contribution in [2.45, 2.75) is 32.2 Å². The number of benzene rings is 1. The number of carbonyl (C=O) groups is 1. The van der Waals surface area contributed by atoms with Gasteiger partial charge in [-0.1, -0.05) is 11.6 Å². The smallest absolute Gasteiger partial charge is 0.274 e. The lowest BCUT2D eigenvalue weighted by Crippen LogP contribution is -2.46. The van der Waals surface area contributed by atoms with E-state index in [-0.39, 0.29) is 12.5 Å². The molecule has 0 spiro atoms. The SMILES string of the molecule is Cc1ccc2[nH]nc(C(=O)N3CCC(N(C)CCCO)CC3)c2c1. The molecular formula is C18H26N4O2. The summed E-state index contributed by atoms with van der Waals surface area (Å²) < 4.78 is 0. The van der Waals surface area contributed by atoms with Gasteiger partial charge in [0.1, 0.15) is 0 Å². The van der Waals surface area contributed by atoms with Gasteiger partial charge in [-0.2, -0.15) is 5.10 Å². The predicted octanol–water partition coefficient (Wildman–Crippen LogP) is 1.79. The number of hydrogen-bond donors (Lipinski definition) is 2. The minimum Gasteiger partial charge on any atom is -0.396 e. The number of aryl methyl sites for hydroxylation is 1. The van der Waals surface area contributed by atoms with E-state index >= 15 is 0 Å². The maximum absolute atomic E-state index is 12.8. The summed E-state index contributed by atoms with van der Waals surface area (Å²) in [4.78, 5) is 17.0. The summed E-state index contributed by atoms with van der Waals surface area (Å²) in [5.41, 5.74) is 2.56. The topological polar surface area (TPSA) is 72.5 Å². The quantitative estimate of drug-likeness (QED) is 0.877. The van der Waals surface area contributed by atoms with Gasteiger partial charge in [0.2, 0.25) is 0 Å².